The number of aryl methyl sites for hydroxylation is 1. The molecule has 1 amide bonds. The topological polar surface area (TPSA) is 49.3 Å². The van der Waals surface area contributed by atoms with Crippen molar-refractivity contribution in [2.24, 2.45) is 0 Å². The standard InChI is InChI=1S/C18H23NO2/c1-4-10-19-18(21)16-13(3)8-9-15(17(16)20)14-7-5-6-12(2)11-14/h4,8-9,11,14,20H,1,5-7,10H2,2-3H3,(H,19,21). The summed E-state index contributed by atoms with van der Waals surface area (Å²) in [6.45, 7) is 7.94. The van der Waals surface area contributed by atoms with E-state index < -0.39 is 0 Å². The van der Waals surface area contributed by atoms with Gasteiger partial charge >= 0.3 is 0 Å². The van der Waals surface area contributed by atoms with E-state index in [0.717, 1.165) is 30.4 Å². The number of carbonyl (C=O) groups excluding carboxylic acids is 1. The Labute approximate surface area is 126 Å². The van der Waals surface area contributed by atoms with Gasteiger partial charge in [0.15, 0.2) is 0 Å². The third-order valence-electron chi connectivity index (χ3n) is 4.02. The molecule has 21 heavy (non-hydrogen) atoms. The van der Waals surface area contributed by atoms with Crippen molar-refractivity contribution < 1.29 is 9.90 Å². The maximum Gasteiger partial charge on any atom is 0.255 e. The highest BCUT2D eigenvalue weighted by Gasteiger charge is 2.22. The zero-order chi connectivity index (χ0) is 15.4. The molecule has 2 rings (SSSR count). The van der Waals surface area contributed by atoms with Crippen LogP contribution in [-0.4, -0.2) is 17.6 Å². The number of nitrogens with one attached hydrogen (secondary N) is 1. The molecule has 0 radical (unpaired) electrons. The maximum atomic E-state index is 12.2. The molecule has 2 N–H and O–H groups in total. The van der Waals surface area contributed by atoms with Gasteiger partial charge in [-0.2, -0.15) is 0 Å². The molecule has 3 heteroatoms. The predicted octanol–water partition coefficient (Wildman–Crippen LogP) is 3.83. The van der Waals surface area contributed by atoms with Crippen molar-refractivity contribution in [1.29, 1.82) is 0 Å². The average Bonchev–Trinajstić information content (AvgIpc) is 2.45. The van der Waals surface area contributed by atoms with E-state index in [4.69, 9.17) is 0 Å². The minimum atomic E-state index is -0.247. The SMILES string of the molecule is C=CCNC(=O)c1c(C)ccc(C2C=C(C)CCC2)c1O. The lowest BCUT2D eigenvalue weighted by molar-refractivity contribution is 0.0954. The van der Waals surface area contributed by atoms with Gasteiger partial charge in [-0.15, -0.1) is 6.58 Å². The monoisotopic (exact) mass is 285 g/mol. The summed E-state index contributed by atoms with van der Waals surface area (Å²) >= 11 is 0. The Hall–Kier alpha value is -2.03. The van der Waals surface area contributed by atoms with Crippen molar-refractivity contribution in [3.63, 3.8) is 0 Å². The van der Waals surface area contributed by atoms with Crippen molar-refractivity contribution in [2.45, 2.75) is 39.0 Å². The van der Waals surface area contributed by atoms with Crippen LogP contribution in [0.2, 0.25) is 0 Å². The van der Waals surface area contributed by atoms with Gasteiger partial charge in [-0.25, -0.2) is 0 Å². The predicted molar refractivity (Wildman–Crippen MR) is 85.7 cm³/mol. The van der Waals surface area contributed by atoms with E-state index in [1.807, 2.05) is 19.1 Å². The number of hydrogen-bond acceptors (Lipinski definition) is 2. The molecular formula is C18H23NO2. The number of allylic oxidation sites excluding steroid dienone is 2. The minimum Gasteiger partial charge on any atom is -0.507 e. The van der Waals surface area contributed by atoms with Gasteiger partial charge in [0.2, 0.25) is 0 Å². The average molecular weight is 285 g/mol. The van der Waals surface area contributed by atoms with E-state index in [1.54, 1.807) is 6.08 Å². The Kier molecular flexibility index (Phi) is 4.84. The fourth-order valence-electron chi connectivity index (χ4n) is 2.90. The molecule has 3 nitrogen and oxygen atoms in total. The van der Waals surface area contributed by atoms with Crippen LogP contribution in [0.3, 0.4) is 0 Å². The molecule has 0 saturated carbocycles. The first-order valence-electron chi connectivity index (χ1n) is 7.43. The van der Waals surface area contributed by atoms with Gasteiger partial charge in [0.25, 0.3) is 5.91 Å². The lowest BCUT2D eigenvalue weighted by atomic mass is 9.84. The summed E-state index contributed by atoms with van der Waals surface area (Å²) in [6.07, 6.45) is 7.09. The quantitative estimate of drug-likeness (QED) is 0.826. The highest BCUT2D eigenvalue weighted by molar-refractivity contribution is 5.98. The molecule has 1 aromatic rings. The van der Waals surface area contributed by atoms with Gasteiger partial charge in [-0.1, -0.05) is 29.9 Å². The number of carbonyl (C=O) groups is 1. The first kappa shape index (κ1) is 15.4. The Morgan fingerprint density at radius 2 is 2.24 bits per heavy atom. The van der Waals surface area contributed by atoms with Crippen LogP contribution in [0.1, 0.15) is 53.6 Å². The fraction of sp³-hybridized carbons (Fsp3) is 0.389. The van der Waals surface area contributed by atoms with E-state index in [-0.39, 0.29) is 17.6 Å². The summed E-state index contributed by atoms with van der Waals surface area (Å²) < 4.78 is 0. The molecule has 1 aliphatic carbocycles. The molecule has 0 fully saturated rings. The fourth-order valence-corrected chi connectivity index (χ4v) is 2.90. The van der Waals surface area contributed by atoms with E-state index >= 15 is 0 Å². The van der Waals surface area contributed by atoms with Gasteiger partial charge in [0.05, 0.1) is 5.56 Å². The summed E-state index contributed by atoms with van der Waals surface area (Å²) in [4.78, 5) is 12.2. The van der Waals surface area contributed by atoms with Crippen LogP contribution in [0.15, 0.2) is 36.4 Å². The van der Waals surface area contributed by atoms with Crippen molar-refractivity contribution in [2.75, 3.05) is 6.54 Å². The summed E-state index contributed by atoms with van der Waals surface area (Å²) in [7, 11) is 0. The zero-order valence-electron chi connectivity index (χ0n) is 12.8. The Morgan fingerprint density at radius 3 is 2.90 bits per heavy atom. The number of benzene rings is 1. The van der Waals surface area contributed by atoms with Crippen LogP contribution in [0, 0.1) is 6.92 Å². The lowest BCUT2D eigenvalue weighted by Crippen LogP contribution is -2.24. The summed E-state index contributed by atoms with van der Waals surface area (Å²) in [6, 6.07) is 3.85. The summed E-state index contributed by atoms with van der Waals surface area (Å²) in [5.74, 6) is 0.0704. The van der Waals surface area contributed by atoms with E-state index in [0.29, 0.717) is 12.1 Å². The maximum absolute atomic E-state index is 12.2. The molecule has 112 valence electrons. The van der Waals surface area contributed by atoms with Crippen LogP contribution in [0.25, 0.3) is 0 Å². The molecule has 0 heterocycles. The highest BCUT2D eigenvalue weighted by atomic mass is 16.3. The van der Waals surface area contributed by atoms with Gasteiger partial charge < -0.3 is 10.4 Å². The summed E-state index contributed by atoms with van der Waals surface area (Å²) in [5, 5.41) is 13.3. The van der Waals surface area contributed by atoms with Crippen LogP contribution < -0.4 is 5.32 Å². The number of aromatic hydroxyl groups is 1. The largest absolute Gasteiger partial charge is 0.507 e. The van der Waals surface area contributed by atoms with Gasteiger partial charge in [0.1, 0.15) is 5.75 Å². The second-order valence-corrected chi connectivity index (χ2v) is 5.71. The van der Waals surface area contributed by atoms with Gasteiger partial charge in [0, 0.05) is 18.0 Å². The Morgan fingerprint density at radius 1 is 1.48 bits per heavy atom. The highest BCUT2D eigenvalue weighted by Crippen LogP contribution is 2.38. The second kappa shape index (κ2) is 6.61. The number of rotatable bonds is 4. The van der Waals surface area contributed by atoms with Crippen LogP contribution >= 0.6 is 0 Å². The molecule has 1 unspecified atom stereocenters. The molecule has 0 bridgehead atoms. The van der Waals surface area contributed by atoms with E-state index in [9.17, 15) is 9.90 Å². The molecule has 1 atom stereocenters. The first-order valence-corrected chi connectivity index (χ1v) is 7.43. The number of phenolic OH excluding ortho intramolecular Hbond substituents is 1. The van der Waals surface area contributed by atoms with Gasteiger partial charge in [-0.3, -0.25) is 4.79 Å². The van der Waals surface area contributed by atoms with E-state index in [2.05, 4.69) is 24.9 Å². The molecule has 0 aromatic heterocycles. The van der Waals surface area contributed by atoms with Gasteiger partial charge in [-0.05, 0) is 38.7 Å². The smallest absolute Gasteiger partial charge is 0.255 e. The molecular weight excluding hydrogens is 262 g/mol. The molecule has 0 spiro atoms. The van der Waals surface area contributed by atoms with Crippen LogP contribution in [0.5, 0.6) is 5.75 Å². The molecule has 0 saturated heterocycles. The lowest BCUT2D eigenvalue weighted by Gasteiger charge is -2.22. The van der Waals surface area contributed by atoms with E-state index in [1.165, 1.54) is 5.57 Å². The van der Waals surface area contributed by atoms with Crippen molar-refractivity contribution in [3.05, 3.63) is 53.1 Å². The Balaban J connectivity index is 2.39. The van der Waals surface area contributed by atoms with Crippen molar-refractivity contribution in [3.8, 4) is 5.75 Å². The third kappa shape index (κ3) is 3.35. The number of amides is 1. The normalized spacial score (nSPS) is 18.0. The third-order valence-corrected chi connectivity index (χ3v) is 4.02. The molecule has 1 aliphatic rings. The van der Waals surface area contributed by atoms with Crippen LogP contribution in [0.4, 0.5) is 0 Å². The van der Waals surface area contributed by atoms with Crippen molar-refractivity contribution in [1.82, 2.24) is 5.32 Å². The van der Waals surface area contributed by atoms with Crippen molar-refractivity contribution >= 4 is 5.91 Å². The second-order valence-electron chi connectivity index (χ2n) is 5.71. The summed E-state index contributed by atoms with van der Waals surface area (Å²) in [5.41, 5.74) is 3.37. The molecule has 0 aliphatic heterocycles. The van der Waals surface area contributed by atoms with Crippen LogP contribution in [-0.2, 0) is 0 Å². The zero-order valence-corrected chi connectivity index (χ0v) is 12.8. The minimum absolute atomic E-state index is 0.118. The Bertz CT molecular complexity index is 587. The number of phenols is 1. The molecule has 1 aromatic carbocycles. The first-order chi connectivity index (χ1) is 10.0. The number of hydrogen-bond donors (Lipinski definition) is 2.